The fourth-order valence-electron chi connectivity index (χ4n) is 2.03. The molecule has 0 radical (unpaired) electrons. The summed E-state index contributed by atoms with van der Waals surface area (Å²) in [5.41, 5.74) is 0.662. The molecule has 1 aromatic rings. The lowest BCUT2D eigenvalue weighted by Crippen LogP contribution is -2.30. The van der Waals surface area contributed by atoms with E-state index in [2.05, 4.69) is 0 Å². The minimum absolute atomic E-state index is 0.213. The van der Waals surface area contributed by atoms with E-state index >= 15 is 0 Å². The number of hydrogen-bond acceptors (Lipinski definition) is 3. The highest BCUT2D eigenvalue weighted by molar-refractivity contribution is 5.71. The van der Waals surface area contributed by atoms with Gasteiger partial charge in [0.05, 0.1) is 0 Å². The Labute approximate surface area is 113 Å². The number of aliphatic carboxylic acids is 1. The van der Waals surface area contributed by atoms with Crippen LogP contribution in [0.5, 0.6) is 0 Å². The number of carboxylic acid groups (broad SMARTS) is 1. The maximum absolute atomic E-state index is 11.9. The van der Waals surface area contributed by atoms with Crippen molar-refractivity contribution < 1.29 is 9.90 Å². The molecule has 0 saturated carbocycles. The van der Waals surface area contributed by atoms with Crippen molar-refractivity contribution in [3.63, 3.8) is 0 Å². The first-order chi connectivity index (χ1) is 8.81. The second-order valence-corrected chi connectivity index (χ2v) is 5.50. The van der Waals surface area contributed by atoms with E-state index in [4.69, 9.17) is 0 Å². The number of carboxylic acids is 1. The van der Waals surface area contributed by atoms with Crippen LogP contribution in [0.15, 0.2) is 23.1 Å². The van der Waals surface area contributed by atoms with E-state index in [9.17, 15) is 14.7 Å². The van der Waals surface area contributed by atoms with Gasteiger partial charge in [0, 0.05) is 18.8 Å². The predicted molar refractivity (Wildman–Crippen MR) is 74.2 cm³/mol. The van der Waals surface area contributed by atoms with Gasteiger partial charge in [-0.05, 0) is 32.0 Å². The van der Waals surface area contributed by atoms with Crippen LogP contribution in [0.2, 0.25) is 0 Å². The Morgan fingerprint density at radius 2 is 2.00 bits per heavy atom. The van der Waals surface area contributed by atoms with Crippen molar-refractivity contribution in [3.8, 4) is 0 Å². The molecule has 0 aliphatic heterocycles. The summed E-state index contributed by atoms with van der Waals surface area (Å²) in [5.74, 6) is -0.747. The van der Waals surface area contributed by atoms with E-state index in [-0.39, 0.29) is 11.5 Å². The van der Waals surface area contributed by atoms with Crippen molar-refractivity contribution in [1.82, 2.24) is 9.47 Å². The normalized spacial score (nSPS) is 12.9. The second kappa shape index (κ2) is 6.52. The largest absolute Gasteiger partial charge is 0.480 e. The average molecular weight is 266 g/mol. The topological polar surface area (TPSA) is 62.5 Å². The Kier molecular flexibility index (Phi) is 5.30. The standard InChI is InChI=1S/C14H22N2O3/c1-10(2)7-12(14(18)19)16-9-11(8-15(3)4)5-6-13(16)17/h5-6,9-10,12H,7-8H2,1-4H3,(H,18,19). The first-order valence-corrected chi connectivity index (χ1v) is 6.40. The molecule has 0 aromatic carbocycles. The second-order valence-electron chi connectivity index (χ2n) is 5.50. The summed E-state index contributed by atoms with van der Waals surface area (Å²) in [4.78, 5) is 25.2. The zero-order valence-electron chi connectivity index (χ0n) is 12.0. The quantitative estimate of drug-likeness (QED) is 0.849. The molecular weight excluding hydrogens is 244 g/mol. The Morgan fingerprint density at radius 3 is 2.47 bits per heavy atom. The maximum atomic E-state index is 11.9. The molecular formula is C14H22N2O3. The van der Waals surface area contributed by atoms with Gasteiger partial charge in [0.25, 0.3) is 5.56 Å². The first-order valence-electron chi connectivity index (χ1n) is 6.40. The highest BCUT2D eigenvalue weighted by Crippen LogP contribution is 2.17. The minimum atomic E-state index is -0.960. The molecule has 0 spiro atoms. The predicted octanol–water partition coefficient (Wildman–Crippen LogP) is 1.58. The summed E-state index contributed by atoms with van der Waals surface area (Å²) >= 11 is 0. The Bertz CT molecular complexity index is 492. The average Bonchev–Trinajstić information content (AvgIpc) is 2.27. The molecule has 1 heterocycles. The van der Waals surface area contributed by atoms with Gasteiger partial charge in [0.1, 0.15) is 6.04 Å². The van der Waals surface area contributed by atoms with E-state index in [1.807, 2.05) is 32.8 Å². The summed E-state index contributed by atoms with van der Waals surface area (Å²) in [6.45, 7) is 4.57. The zero-order chi connectivity index (χ0) is 14.6. The van der Waals surface area contributed by atoms with Gasteiger partial charge < -0.3 is 14.6 Å². The van der Waals surface area contributed by atoms with Crippen LogP contribution in [0, 0.1) is 5.92 Å². The lowest BCUT2D eigenvalue weighted by atomic mass is 10.0. The molecule has 0 fully saturated rings. The van der Waals surface area contributed by atoms with Crippen molar-refractivity contribution in [1.29, 1.82) is 0 Å². The lowest BCUT2D eigenvalue weighted by molar-refractivity contribution is -0.141. The van der Waals surface area contributed by atoms with E-state index < -0.39 is 12.0 Å². The molecule has 0 bridgehead atoms. The fourth-order valence-corrected chi connectivity index (χ4v) is 2.03. The molecule has 0 saturated heterocycles. The monoisotopic (exact) mass is 266 g/mol. The minimum Gasteiger partial charge on any atom is -0.480 e. The van der Waals surface area contributed by atoms with Gasteiger partial charge in [0.2, 0.25) is 0 Å². The number of carbonyl (C=O) groups is 1. The Morgan fingerprint density at radius 1 is 1.37 bits per heavy atom. The number of rotatable bonds is 6. The Hall–Kier alpha value is -1.62. The van der Waals surface area contributed by atoms with Crippen LogP contribution < -0.4 is 5.56 Å². The van der Waals surface area contributed by atoms with E-state index in [0.717, 1.165) is 5.56 Å². The Balaban J connectivity index is 3.14. The van der Waals surface area contributed by atoms with Gasteiger partial charge in [-0.15, -0.1) is 0 Å². The zero-order valence-corrected chi connectivity index (χ0v) is 12.0. The third kappa shape index (κ3) is 4.52. The summed E-state index contributed by atoms with van der Waals surface area (Å²) in [6, 6.07) is 2.39. The summed E-state index contributed by atoms with van der Waals surface area (Å²) in [5, 5.41) is 9.30. The number of hydrogen-bond donors (Lipinski definition) is 1. The third-order valence-corrected chi connectivity index (χ3v) is 2.81. The summed E-state index contributed by atoms with van der Waals surface area (Å²) in [7, 11) is 3.86. The smallest absolute Gasteiger partial charge is 0.326 e. The van der Waals surface area contributed by atoms with Gasteiger partial charge in [0.15, 0.2) is 0 Å². The van der Waals surface area contributed by atoms with Gasteiger partial charge in [-0.1, -0.05) is 19.9 Å². The van der Waals surface area contributed by atoms with Crippen molar-refractivity contribution in [2.24, 2.45) is 5.92 Å². The van der Waals surface area contributed by atoms with Crippen LogP contribution in [-0.4, -0.2) is 34.6 Å². The molecule has 0 aliphatic carbocycles. The molecule has 1 atom stereocenters. The SMILES string of the molecule is CC(C)CC(C(=O)O)n1cc(CN(C)C)ccc1=O. The van der Waals surface area contributed by atoms with Crippen molar-refractivity contribution in [2.75, 3.05) is 14.1 Å². The van der Waals surface area contributed by atoms with E-state index in [0.29, 0.717) is 13.0 Å². The van der Waals surface area contributed by atoms with Crippen LogP contribution in [0.25, 0.3) is 0 Å². The molecule has 106 valence electrons. The van der Waals surface area contributed by atoms with E-state index in [1.54, 1.807) is 12.3 Å². The summed E-state index contributed by atoms with van der Waals surface area (Å²) < 4.78 is 1.33. The number of pyridine rings is 1. The highest BCUT2D eigenvalue weighted by atomic mass is 16.4. The van der Waals surface area contributed by atoms with Crippen molar-refractivity contribution in [3.05, 3.63) is 34.2 Å². The first kappa shape index (κ1) is 15.4. The van der Waals surface area contributed by atoms with Gasteiger partial charge in [-0.2, -0.15) is 0 Å². The van der Waals surface area contributed by atoms with Gasteiger partial charge in [-0.3, -0.25) is 4.79 Å². The van der Waals surface area contributed by atoms with Crippen LogP contribution >= 0.6 is 0 Å². The van der Waals surface area contributed by atoms with Crippen LogP contribution in [0.4, 0.5) is 0 Å². The highest BCUT2D eigenvalue weighted by Gasteiger charge is 2.21. The molecule has 1 N–H and O–H groups in total. The fraction of sp³-hybridized carbons (Fsp3) is 0.571. The molecule has 19 heavy (non-hydrogen) atoms. The molecule has 0 amide bonds. The van der Waals surface area contributed by atoms with Gasteiger partial charge in [-0.25, -0.2) is 4.79 Å². The van der Waals surface area contributed by atoms with Crippen LogP contribution in [0.3, 0.4) is 0 Å². The molecule has 0 aliphatic rings. The van der Waals surface area contributed by atoms with Crippen molar-refractivity contribution >= 4 is 5.97 Å². The summed E-state index contributed by atoms with van der Waals surface area (Å²) in [6.07, 6.45) is 2.10. The van der Waals surface area contributed by atoms with Crippen LogP contribution in [0.1, 0.15) is 31.9 Å². The molecule has 1 aromatic heterocycles. The molecule has 1 unspecified atom stereocenters. The lowest BCUT2D eigenvalue weighted by Gasteiger charge is -2.19. The van der Waals surface area contributed by atoms with Crippen LogP contribution in [-0.2, 0) is 11.3 Å². The number of aromatic nitrogens is 1. The molecule has 5 nitrogen and oxygen atoms in total. The number of nitrogens with zero attached hydrogens (tertiary/aromatic N) is 2. The van der Waals surface area contributed by atoms with E-state index in [1.165, 1.54) is 10.6 Å². The molecule has 5 heteroatoms. The van der Waals surface area contributed by atoms with Gasteiger partial charge >= 0.3 is 5.97 Å². The molecule has 1 rings (SSSR count). The maximum Gasteiger partial charge on any atom is 0.326 e. The third-order valence-electron chi connectivity index (χ3n) is 2.81. The van der Waals surface area contributed by atoms with Crippen molar-refractivity contribution in [2.45, 2.75) is 32.9 Å².